The van der Waals surface area contributed by atoms with E-state index >= 15 is 0 Å². The maximum atomic E-state index is 11.5. The Hall–Kier alpha value is -1.29. The van der Waals surface area contributed by atoms with E-state index in [2.05, 4.69) is 28.1 Å². The molecule has 1 amide bonds. The fraction of sp³-hybridized carbons (Fsp3) is 0.684. The summed E-state index contributed by atoms with van der Waals surface area (Å²) >= 11 is 0. The molecule has 7 nitrogen and oxygen atoms in total. The highest BCUT2D eigenvalue weighted by Gasteiger charge is 2.26. The second kappa shape index (κ2) is 10.9. The van der Waals surface area contributed by atoms with Crippen LogP contribution in [0.4, 0.5) is 0 Å². The van der Waals surface area contributed by atoms with Crippen molar-refractivity contribution in [3.63, 3.8) is 0 Å². The molecule has 0 bridgehead atoms. The van der Waals surface area contributed by atoms with E-state index in [9.17, 15) is 4.79 Å². The van der Waals surface area contributed by atoms with Crippen LogP contribution in [0.15, 0.2) is 27.8 Å². The van der Waals surface area contributed by atoms with Crippen LogP contribution in [0, 0.1) is 0 Å². The van der Waals surface area contributed by atoms with Crippen LogP contribution in [0.3, 0.4) is 0 Å². The van der Waals surface area contributed by atoms with Crippen LogP contribution >= 0.6 is 24.0 Å². The van der Waals surface area contributed by atoms with Gasteiger partial charge in [0.15, 0.2) is 5.96 Å². The van der Waals surface area contributed by atoms with E-state index in [1.807, 2.05) is 11.0 Å². The SMILES string of the molecule is CCNC(=NCC(c1ccco1)N1CCCC1)N1CCN(C(C)=O)CC1.I. The number of rotatable bonds is 5. The van der Waals surface area contributed by atoms with Gasteiger partial charge in [-0.05, 0) is 45.0 Å². The first-order chi connectivity index (χ1) is 12.7. The van der Waals surface area contributed by atoms with Crippen LogP contribution < -0.4 is 5.32 Å². The van der Waals surface area contributed by atoms with Crippen molar-refractivity contribution < 1.29 is 9.21 Å². The second-order valence-electron chi connectivity index (χ2n) is 6.96. The number of carbonyl (C=O) groups excluding carboxylic acids is 1. The molecule has 1 atom stereocenters. The van der Waals surface area contributed by atoms with Gasteiger partial charge in [0.1, 0.15) is 5.76 Å². The van der Waals surface area contributed by atoms with E-state index < -0.39 is 0 Å². The second-order valence-corrected chi connectivity index (χ2v) is 6.96. The van der Waals surface area contributed by atoms with Crippen molar-refractivity contribution in [3.05, 3.63) is 24.2 Å². The molecule has 1 unspecified atom stereocenters. The number of nitrogens with one attached hydrogen (secondary N) is 1. The minimum Gasteiger partial charge on any atom is -0.468 e. The van der Waals surface area contributed by atoms with Gasteiger partial charge in [-0.1, -0.05) is 0 Å². The third-order valence-corrected chi connectivity index (χ3v) is 5.23. The molecular formula is C19H32IN5O2. The maximum absolute atomic E-state index is 11.5. The van der Waals surface area contributed by atoms with Crippen LogP contribution in [0.5, 0.6) is 0 Å². The maximum Gasteiger partial charge on any atom is 0.219 e. The van der Waals surface area contributed by atoms with Crippen LogP contribution in [-0.4, -0.2) is 78.9 Å². The molecule has 0 radical (unpaired) electrons. The van der Waals surface area contributed by atoms with Crippen LogP contribution in [0.2, 0.25) is 0 Å². The zero-order valence-electron chi connectivity index (χ0n) is 16.4. The molecule has 1 aromatic rings. The highest BCUT2D eigenvalue weighted by Crippen LogP contribution is 2.25. The van der Waals surface area contributed by atoms with E-state index in [1.54, 1.807) is 13.2 Å². The van der Waals surface area contributed by atoms with Gasteiger partial charge in [-0.15, -0.1) is 24.0 Å². The molecule has 2 fully saturated rings. The molecule has 3 rings (SSSR count). The number of halogens is 1. The minimum absolute atomic E-state index is 0. The number of carbonyl (C=O) groups is 1. The first-order valence-electron chi connectivity index (χ1n) is 9.75. The van der Waals surface area contributed by atoms with Crippen molar-refractivity contribution in [1.29, 1.82) is 0 Å². The summed E-state index contributed by atoms with van der Waals surface area (Å²) in [7, 11) is 0. The first kappa shape index (κ1) is 22.0. The number of guanidine groups is 1. The third kappa shape index (κ3) is 5.84. The lowest BCUT2D eigenvalue weighted by atomic mass is 10.2. The summed E-state index contributed by atoms with van der Waals surface area (Å²) in [5, 5.41) is 3.41. The lowest BCUT2D eigenvalue weighted by molar-refractivity contribution is -0.130. The minimum atomic E-state index is 0. The smallest absolute Gasteiger partial charge is 0.219 e. The zero-order chi connectivity index (χ0) is 18.4. The fourth-order valence-electron chi connectivity index (χ4n) is 3.75. The number of furan rings is 1. The molecule has 1 aromatic heterocycles. The third-order valence-electron chi connectivity index (χ3n) is 5.23. The van der Waals surface area contributed by atoms with Crippen LogP contribution in [0.1, 0.15) is 38.5 Å². The summed E-state index contributed by atoms with van der Waals surface area (Å²) in [5.41, 5.74) is 0. The molecule has 0 aliphatic carbocycles. The summed E-state index contributed by atoms with van der Waals surface area (Å²) in [5.74, 6) is 2.08. The molecule has 8 heteroatoms. The largest absolute Gasteiger partial charge is 0.468 e. The number of piperazine rings is 1. The molecule has 2 saturated heterocycles. The molecule has 2 aliphatic heterocycles. The Morgan fingerprint density at radius 3 is 2.41 bits per heavy atom. The zero-order valence-corrected chi connectivity index (χ0v) is 18.7. The molecule has 0 saturated carbocycles. The average Bonchev–Trinajstić information content (AvgIpc) is 3.36. The Bertz CT molecular complexity index is 593. The Morgan fingerprint density at radius 2 is 1.85 bits per heavy atom. The number of amides is 1. The highest BCUT2D eigenvalue weighted by atomic mass is 127. The molecule has 0 spiro atoms. The topological polar surface area (TPSA) is 64.3 Å². The number of likely N-dealkylation sites (tertiary alicyclic amines) is 1. The average molecular weight is 489 g/mol. The Balaban J connectivity index is 0.00000261. The van der Waals surface area contributed by atoms with Crippen molar-refractivity contribution in [2.75, 3.05) is 52.4 Å². The van der Waals surface area contributed by atoms with Gasteiger partial charge >= 0.3 is 0 Å². The summed E-state index contributed by atoms with van der Waals surface area (Å²) < 4.78 is 5.70. The summed E-state index contributed by atoms with van der Waals surface area (Å²) in [6.45, 7) is 10.6. The molecule has 27 heavy (non-hydrogen) atoms. The molecule has 0 aromatic carbocycles. The number of nitrogens with zero attached hydrogens (tertiary/aromatic N) is 4. The summed E-state index contributed by atoms with van der Waals surface area (Å²) in [6, 6.07) is 4.20. The lowest BCUT2D eigenvalue weighted by Gasteiger charge is -2.36. The number of aliphatic imine (C=N–C) groups is 1. The van der Waals surface area contributed by atoms with Gasteiger partial charge in [-0.2, -0.15) is 0 Å². The Morgan fingerprint density at radius 1 is 1.19 bits per heavy atom. The molecular weight excluding hydrogens is 457 g/mol. The Kier molecular flexibility index (Phi) is 8.88. The standard InChI is InChI=1S/C19H31N5O2.HI/c1-3-20-19(24-12-10-22(11-13-24)16(2)25)21-15-17(18-7-6-14-26-18)23-8-4-5-9-23;/h6-7,14,17H,3-5,8-13,15H2,1-2H3,(H,20,21);1H. The van der Waals surface area contributed by atoms with Gasteiger partial charge in [0, 0.05) is 39.6 Å². The van der Waals surface area contributed by atoms with Crippen molar-refractivity contribution >= 4 is 35.8 Å². The van der Waals surface area contributed by atoms with Crippen LogP contribution in [0.25, 0.3) is 0 Å². The van der Waals surface area contributed by atoms with Crippen molar-refractivity contribution in [3.8, 4) is 0 Å². The van der Waals surface area contributed by atoms with Gasteiger partial charge in [0.25, 0.3) is 0 Å². The quantitative estimate of drug-likeness (QED) is 0.390. The van der Waals surface area contributed by atoms with E-state index in [1.165, 1.54) is 12.8 Å². The van der Waals surface area contributed by atoms with Crippen molar-refractivity contribution in [2.45, 2.75) is 32.7 Å². The molecule has 1 N–H and O–H groups in total. The van der Waals surface area contributed by atoms with E-state index in [0.29, 0.717) is 6.54 Å². The van der Waals surface area contributed by atoms with Gasteiger partial charge in [-0.3, -0.25) is 14.7 Å². The highest BCUT2D eigenvalue weighted by molar-refractivity contribution is 14.0. The van der Waals surface area contributed by atoms with E-state index in [4.69, 9.17) is 9.41 Å². The molecule has 3 heterocycles. The molecule has 152 valence electrons. The van der Waals surface area contributed by atoms with Gasteiger partial charge in [0.05, 0.1) is 18.8 Å². The summed E-state index contributed by atoms with van der Waals surface area (Å²) in [6.07, 6.45) is 4.23. The van der Waals surface area contributed by atoms with E-state index in [0.717, 1.165) is 57.5 Å². The lowest BCUT2D eigenvalue weighted by Crippen LogP contribution is -2.53. The number of hydrogen-bond donors (Lipinski definition) is 1. The van der Waals surface area contributed by atoms with Crippen LogP contribution in [-0.2, 0) is 4.79 Å². The predicted octanol–water partition coefficient (Wildman–Crippen LogP) is 2.16. The molecule has 2 aliphatic rings. The van der Waals surface area contributed by atoms with Gasteiger partial charge in [-0.25, -0.2) is 0 Å². The van der Waals surface area contributed by atoms with E-state index in [-0.39, 0.29) is 35.9 Å². The Labute approximate surface area is 179 Å². The van der Waals surface area contributed by atoms with Gasteiger partial charge in [0.2, 0.25) is 5.91 Å². The van der Waals surface area contributed by atoms with Crippen molar-refractivity contribution in [1.82, 2.24) is 20.0 Å². The number of hydrogen-bond acceptors (Lipinski definition) is 4. The fourth-order valence-corrected chi connectivity index (χ4v) is 3.75. The first-order valence-corrected chi connectivity index (χ1v) is 9.75. The predicted molar refractivity (Wildman–Crippen MR) is 117 cm³/mol. The normalized spacial score (nSPS) is 19.7. The van der Waals surface area contributed by atoms with Crippen molar-refractivity contribution in [2.24, 2.45) is 4.99 Å². The van der Waals surface area contributed by atoms with Gasteiger partial charge < -0.3 is 19.5 Å². The monoisotopic (exact) mass is 489 g/mol. The summed E-state index contributed by atoms with van der Waals surface area (Å²) in [4.78, 5) is 23.1.